The van der Waals surface area contributed by atoms with Gasteiger partial charge >= 0.3 is 0 Å². The van der Waals surface area contributed by atoms with Gasteiger partial charge in [-0.1, -0.05) is 0 Å². The first-order valence-corrected chi connectivity index (χ1v) is 12.9. The van der Waals surface area contributed by atoms with Gasteiger partial charge in [0.05, 0.1) is 53.6 Å². The number of nitrogens with one attached hydrogen (secondary N) is 1. The molecule has 4 heterocycles. The van der Waals surface area contributed by atoms with Gasteiger partial charge in [-0.25, -0.2) is 13.8 Å². The maximum atomic E-state index is 14.9. The number of halogens is 2. The average Bonchev–Trinajstić information content (AvgIpc) is 3.41. The van der Waals surface area contributed by atoms with E-state index in [-0.39, 0.29) is 5.60 Å². The van der Waals surface area contributed by atoms with E-state index in [1.54, 1.807) is 6.20 Å². The topological polar surface area (TPSA) is 79.8 Å². The summed E-state index contributed by atoms with van der Waals surface area (Å²) in [6, 6.07) is 4.21. The first-order chi connectivity index (χ1) is 18.2. The summed E-state index contributed by atoms with van der Waals surface area (Å²) < 4.78 is 38.9. The van der Waals surface area contributed by atoms with E-state index < -0.39 is 11.6 Å². The molecule has 0 spiro atoms. The third kappa shape index (κ3) is 6.66. The largest absolute Gasteiger partial charge is 0.462 e. The van der Waals surface area contributed by atoms with Crippen LogP contribution in [0.1, 0.15) is 39.2 Å². The zero-order valence-corrected chi connectivity index (χ0v) is 22.4. The molecule has 0 atom stereocenters. The number of anilines is 4. The van der Waals surface area contributed by atoms with Crippen molar-refractivity contribution in [2.24, 2.45) is 0 Å². The van der Waals surface area contributed by atoms with Crippen LogP contribution in [0.5, 0.6) is 0 Å². The van der Waals surface area contributed by atoms with E-state index in [9.17, 15) is 13.6 Å². The molecule has 204 valence electrons. The molecule has 0 amide bonds. The molecule has 0 aliphatic carbocycles. The van der Waals surface area contributed by atoms with Crippen LogP contribution in [-0.4, -0.2) is 61.4 Å². The summed E-state index contributed by atoms with van der Waals surface area (Å²) in [5.74, 6) is -0.483. The number of rotatable bonds is 5. The SMILES string of the molecule is CC(C)(C)OC=O.Cc1c(N2CCCC2)nc2cc(F)cc(F)c2c1Nc1cncc(N2CCOCC2)c1. The Hall–Kier alpha value is -3.53. The van der Waals surface area contributed by atoms with E-state index in [2.05, 4.69) is 29.8 Å². The van der Waals surface area contributed by atoms with Gasteiger partial charge in [0.15, 0.2) is 0 Å². The van der Waals surface area contributed by atoms with Crippen molar-refractivity contribution < 1.29 is 23.0 Å². The first kappa shape index (κ1) is 27.5. The molecule has 2 aromatic heterocycles. The minimum absolute atomic E-state index is 0.290. The highest BCUT2D eigenvalue weighted by Crippen LogP contribution is 2.37. The van der Waals surface area contributed by atoms with Crippen LogP contribution in [0.15, 0.2) is 30.6 Å². The van der Waals surface area contributed by atoms with Crippen molar-refractivity contribution in [1.82, 2.24) is 9.97 Å². The predicted molar refractivity (Wildman–Crippen MR) is 145 cm³/mol. The monoisotopic (exact) mass is 527 g/mol. The van der Waals surface area contributed by atoms with Gasteiger partial charge in [0.1, 0.15) is 23.1 Å². The third-order valence-corrected chi connectivity index (χ3v) is 6.40. The van der Waals surface area contributed by atoms with Crippen molar-refractivity contribution in [2.75, 3.05) is 54.5 Å². The quantitative estimate of drug-likeness (QED) is 0.445. The van der Waals surface area contributed by atoms with E-state index in [4.69, 9.17) is 4.74 Å². The van der Waals surface area contributed by atoms with E-state index in [0.29, 0.717) is 36.3 Å². The van der Waals surface area contributed by atoms with E-state index in [1.807, 2.05) is 40.0 Å². The molecular weight excluding hydrogens is 492 g/mol. The lowest BCUT2D eigenvalue weighted by Crippen LogP contribution is -2.36. The Morgan fingerprint density at radius 1 is 1.03 bits per heavy atom. The summed E-state index contributed by atoms with van der Waals surface area (Å²) in [5, 5.41) is 3.66. The summed E-state index contributed by atoms with van der Waals surface area (Å²) in [5.41, 5.74) is 3.17. The molecule has 3 aromatic rings. The Kier molecular flexibility index (Phi) is 8.61. The summed E-state index contributed by atoms with van der Waals surface area (Å²) in [6.45, 7) is 12.6. The van der Waals surface area contributed by atoms with Crippen molar-refractivity contribution in [1.29, 1.82) is 0 Å². The standard InChI is InChI=1S/C23H25F2N5O.C5H10O2/c1-15-22(27-17-12-18(14-26-13-17)29-6-8-31-9-7-29)21-19(25)10-16(24)11-20(21)28-23(15)30-4-2-3-5-30;1-5(2,3)7-4-6/h10-14H,2-9H2,1H3,(H,27,28);4H,1-3H3. The number of benzene rings is 1. The maximum Gasteiger partial charge on any atom is 0.293 e. The number of hydrogen-bond acceptors (Lipinski definition) is 8. The number of carbonyl (C=O) groups is 1. The third-order valence-electron chi connectivity index (χ3n) is 6.40. The molecule has 1 N–H and O–H groups in total. The molecular formula is C28H35F2N5O3. The van der Waals surface area contributed by atoms with Crippen LogP contribution < -0.4 is 15.1 Å². The summed E-state index contributed by atoms with van der Waals surface area (Å²) >= 11 is 0. The fraction of sp³-hybridized carbons (Fsp3) is 0.464. The molecule has 2 saturated heterocycles. The van der Waals surface area contributed by atoms with Crippen LogP contribution in [0.4, 0.5) is 31.7 Å². The van der Waals surface area contributed by atoms with E-state index in [1.165, 1.54) is 6.07 Å². The average molecular weight is 528 g/mol. The van der Waals surface area contributed by atoms with Gasteiger partial charge in [0, 0.05) is 43.9 Å². The van der Waals surface area contributed by atoms with Crippen molar-refractivity contribution in [2.45, 2.75) is 46.1 Å². The molecule has 38 heavy (non-hydrogen) atoms. The number of aromatic nitrogens is 2. The lowest BCUT2D eigenvalue weighted by molar-refractivity contribution is -0.138. The second kappa shape index (κ2) is 11.9. The number of nitrogens with zero attached hydrogens (tertiary/aromatic N) is 4. The molecule has 2 aliphatic heterocycles. The highest BCUT2D eigenvalue weighted by molar-refractivity contribution is 5.97. The van der Waals surface area contributed by atoms with Crippen molar-refractivity contribution >= 4 is 40.3 Å². The minimum atomic E-state index is -0.629. The molecule has 1 aromatic carbocycles. The molecule has 0 radical (unpaired) electrons. The van der Waals surface area contributed by atoms with Crippen LogP contribution >= 0.6 is 0 Å². The van der Waals surface area contributed by atoms with Gasteiger partial charge in [-0.05, 0) is 46.6 Å². The van der Waals surface area contributed by atoms with Gasteiger partial charge < -0.3 is 24.6 Å². The highest BCUT2D eigenvalue weighted by atomic mass is 19.1. The van der Waals surface area contributed by atoms with Crippen LogP contribution in [0.25, 0.3) is 10.9 Å². The second-order valence-corrected chi connectivity index (χ2v) is 10.4. The summed E-state index contributed by atoms with van der Waals surface area (Å²) in [4.78, 5) is 23.0. The Morgan fingerprint density at radius 3 is 2.37 bits per heavy atom. The van der Waals surface area contributed by atoms with Crippen molar-refractivity contribution in [3.05, 3.63) is 47.8 Å². The van der Waals surface area contributed by atoms with Crippen LogP contribution in [0, 0.1) is 18.6 Å². The van der Waals surface area contributed by atoms with Crippen LogP contribution in [-0.2, 0) is 14.3 Å². The second-order valence-electron chi connectivity index (χ2n) is 10.4. The van der Waals surface area contributed by atoms with Gasteiger partial charge in [0.2, 0.25) is 0 Å². The van der Waals surface area contributed by atoms with Crippen molar-refractivity contribution in [3.8, 4) is 0 Å². The molecule has 10 heteroatoms. The Balaban J connectivity index is 0.000000426. The zero-order chi connectivity index (χ0) is 27.3. The Labute approximate surface area is 222 Å². The number of pyridine rings is 2. The Morgan fingerprint density at radius 2 is 1.74 bits per heavy atom. The fourth-order valence-electron chi connectivity index (χ4n) is 4.57. The van der Waals surface area contributed by atoms with Gasteiger partial charge in [0.25, 0.3) is 6.47 Å². The predicted octanol–water partition coefficient (Wildman–Crippen LogP) is 5.35. The van der Waals surface area contributed by atoms with Crippen LogP contribution in [0.3, 0.4) is 0 Å². The molecule has 0 saturated carbocycles. The number of carbonyl (C=O) groups excluding carboxylic acids is 1. The Bertz CT molecular complexity index is 1270. The lowest BCUT2D eigenvalue weighted by Gasteiger charge is -2.29. The van der Waals surface area contributed by atoms with E-state index in [0.717, 1.165) is 67.8 Å². The lowest BCUT2D eigenvalue weighted by atomic mass is 10.1. The smallest absolute Gasteiger partial charge is 0.293 e. The highest BCUT2D eigenvalue weighted by Gasteiger charge is 2.22. The molecule has 2 fully saturated rings. The number of hydrogen-bond donors (Lipinski definition) is 1. The molecule has 2 aliphatic rings. The summed E-state index contributed by atoms with van der Waals surface area (Å²) in [7, 11) is 0. The van der Waals surface area contributed by atoms with Crippen LogP contribution in [0.2, 0.25) is 0 Å². The molecule has 8 nitrogen and oxygen atoms in total. The normalized spacial score (nSPS) is 15.7. The number of morpholine rings is 1. The first-order valence-electron chi connectivity index (χ1n) is 12.9. The molecule has 0 bridgehead atoms. The molecule has 5 rings (SSSR count). The minimum Gasteiger partial charge on any atom is -0.462 e. The zero-order valence-electron chi connectivity index (χ0n) is 22.4. The maximum absolute atomic E-state index is 14.9. The molecule has 0 unspecified atom stereocenters. The van der Waals surface area contributed by atoms with Gasteiger partial charge in [-0.15, -0.1) is 0 Å². The van der Waals surface area contributed by atoms with Gasteiger partial charge in [-0.3, -0.25) is 9.78 Å². The van der Waals surface area contributed by atoms with Gasteiger partial charge in [-0.2, -0.15) is 0 Å². The van der Waals surface area contributed by atoms with Crippen molar-refractivity contribution in [3.63, 3.8) is 0 Å². The number of ether oxygens (including phenoxy) is 2. The number of fused-ring (bicyclic) bond motifs is 1. The fourth-order valence-corrected chi connectivity index (χ4v) is 4.57. The summed E-state index contributed by atoms with van der Waals surface area (Å²) in [6.07, 6.45) is 5.71. The van der Waals surface area contributed by atoms with E-state index >= 15 is 0 Å².